The average Bonchev–Trinajstić information content (AvgIpc) is 3.17. The minimum atomic E-state index is -0.238. The number of rotatable bonds is 7. The molecular weight excluding hydrogens is 366 g/mol. The minimum absolute atomic E-state index is 0.129. The van der Waals surface area contributed by atoms with E-state index in [4.69, 9.17) is 0 Å². The Morgan fingerprint density at radius 3 is 2.66 bits per heavy atom. The van der Waals surface area contributed by atoms with Crippen LogP contribution in [0.5, 0.6) is 0 Å². The molecule has 1 unspecified atom stereocenters. The normalized spacial score (nSPS) is 11.5. The molecule has 3 amide bonds. The second-order valence-corrected chi connectivity index (χ2v) is 6.81. The van der Waals surface area contributed by atoms with E-state index in [-0.39, 0.29) is 18.0 Å². The summed E-state index contributed by atoms with van der Waals surface area (Å²) in [6, 6.07) is 16.9. The number of hydrogen-bond acceptors (Lipinski definition) is 3. The zero-order valence-electron chi connectivity index (χ0n) is 16.6. The maximum atomic E-state index is 12.2. The Kier molecular flexibility index (Phi) is 6.63. The molecular formula is C22H25N5O2. The van der Waals surface area contributed by atoms with Crippen LogP contribution in [0.1, 0.15) is 31.0 Å². The van der Waals surface area contributed by atoms with Crippen molar-refractivity contribution in [2.75, 3.05) is 11.9 Å². The van der Waals surface area contributed by atoms with Gasteiger partial charge in [0, 0.05) is 25.4 Å². The van der Waals surface area contributed by atoms with Gasteiger partial charge in [0.05, 0.1) is 17.9 Å². The molecule has 29 heavy (non-hydrogen) atoms. The first kappa shape index (κ1) is 20.1. The highest BCUT2D eigenvalue weighted by molar-refractivity contribution is 5.88. The summed E-state index contributed by atoms with van der Waals surface area (Å²) in [5.74, 6) is -0.129. The molecule has 0 aliphatic heterocycles. The number of hydrogen-bond donors (Lipinski definition) is 3. The summed E-state index contributed by atoms with van der Waals surface area (Å²) in [4.78, 5) is 23.4. The van der Waals surface area contributed by atoms with Gasteiger partial charge in [-0.1, -0.05) is 30.3 Å². The summed E-state index contributed by atoms with van der Waals surface area (Å²) in [5, 5.41) is 12.9. The van der Waals surface area contributed by atoms with Gasteiger partial charge in [0.2, 0.25) is 5.91 Å². The Balaban J connectivity index is 1.46. The predicted octanol–water partition coefficient (Wildman–Crippen LogP) is 3.43. The van der Waals surface area contributed by atoms with Crippen molar-refractivity contribution in [2.45, 2.75) is 26.3 Å². The van der Waals surface area contributed by atoms with E-state index >= 15 is 0 Å². The third-order valence-electron chi connectivity index (χ3n) is 4.41. The Bertz CT molecular complexity index is 968. The van der Waals surface area contributed by atoms with E-state index in [2.05, 4.69) is 21.0 Å². The number of anilines is 1. The fourth-order valence-electron chi connectivity index (χ4n) is 2.95. The lowest BCUT2D eigenvalue weighted by atomic mass is 10.1. The lowest BCUT2D eigenvalue weighted by Crippen LogP contribution is -2.38. The van der Waals surface area contributed by atoms with Crippen LogP contribution < -0.4 is 16.0 Å². The van der Waals surface area contributed by atoms with Gasteiger partial charge in [-0.25, -0.2) is 9.48 Å². The first-order valence-electron chi connectivity index (χ1n) is 9.52. The van der Waals surface area contributed by atoms with Crippen molar-refractivity contribution in [3.05, 3.63) is 78.1 Å². The zero-order chi connectivity index (χ0) is 20.6. The van der Waals surface area contributed by atoms with Gasteiger partial charge in [0.15, 0.2) is 0 Å². The van der Waals surface area contributed by atoms with Crippen LogP contribution in [-0.2, 0) is 11.2 Å². The van der Waals surface area contributed by atoms with E-state index < -0.39 is 0 Å². The molecule has 7 nitrogen and oxygen atoms in total. The summed E-state index contributed by atoms with van der Waals surface area (Å²) in [7, 11) is 0. The topological polar surface area (TPSA) is 88.1 Å². The molecule has 0 aliphatic rings. The number of nitrogens with one attached hydrogen (secondary N) is 3. The monoisotopic (exact) mass is 391 g/mol. The molecule has 3 rings (SSSR count). The van der Waals surface area contributed by atoms with Crippen LogP contribution in [0.15, 0.2) is 67.0 Å². The standard InChI is InChI=1S/C22H25N5O2/c1-16(19-7-6-8-20(13-19)26-17(2)28)25-22(29)23-12-11-18-14-24-27(15-18)21-9-4-3-5-10-21/h3-10,13-16H,11-12H2,1-2H3,(H,26,28)(H2,23,25,29). The summed E-state index contributed by atoms with van der Waals surface area (Å²) in [5.41, 5.74) is 3.67. The molecule has 1 atom stereocenters. The number of amides is 3. The molecule has 0 saturated heterocycles. The fraction of sp³-hybridized carbons (Fsp3) is 0.227. The molecule has 0 radical (unpaired) electrons. The van der Waals surface area contributed by atoms with Gasteiger partial charge in [0.25, 0.3) is 0 Å². The number of para-hydroxylation sites is 1. The van der Waals surface area contributed by atoms with Crippen LogP contribution in [0.25, 0.3) is 5.69 Å². The van der Waals surface area contributed by atoms with Crippen molar-refractivity contribution in [2.24, 2.45) is 0 Å². The summed E-state index contributed by atoms with van der Waals surface area (Å²) >= 11 is 0. The second kappa shape index (κ2) is 9.54. The molecule has 0 aliphatic carbocycles. The highest BCUT2D eigenvalue weighted by Crippen LogP contribution is 2.17. The molecule has 0 saturated carbocycles. The van der Waals surface area contributed by atoms with Crippen LogP contribution >= 0.6 is 0 Å². The van der Waals surface area contributed by atoms with E-state index in [1.165, 1.54) is 6.92 Å². The van der Waals surface area contributed by atoms with Gasteiger partial charge in [-0.3, -0.25) is 4.79 Å². The number of aromatic nitrogens is 2. The number of carbonyl (C=O) groups is 2. The summed E-state index contributed by atoms with van der Waals surface area (Å²) < 4.78 is 1.82. The van der Waals surface area contributed by atoms with Crippen LogP contribution in [-0.4, -0.2) is 28.3 Å². The zero-order valence-corrected chi connectivity index (χ0v) is 16.6. The van der Waals surface area contributed by atoms with Crippen LogP contribution in [0.4, 0.5) is 10.5 Å². The van der Waals surface area contributed by atoms with E-state index in [9.17, 15) is 9.59 Å². The number of urea groups is 1. The first-order valence-corrected chi connectivity index (χ1v) is 9.52. The van der Waals surface area contributed by atoms with Gasteiger partial charge < -0.3 is 16.0 Å². The molecule has 0 spiro atoms. The Morgan fingerprint density at radius 1 is 1.10 bits per heavy atom. The van der Waals surface area contributed by atoms with Crippen molar-refractivity contribution in [3.8, 4) is 5.69 Å². The smallest absolute Gasteiger partial charge is 0.315 e. The molecule has 7 heteroatoms. The lowest BCUT2D eigenvalue weighted by molar-refractivity contribution is -0.114. The predicted molar refractivity (Wildman–Crippen MR) is 113 cm³/mol. The maximum absolute atomic E-state index is 12.2. The highest BCUT2D eigenvalue weighted by atomic mass is 16.2. The van der Waals surface area contributed by atoms with Crippen LogP contribution in [0.3, 0.4) is 0 Å². The Morgan fingerprint density at radius 2 is 1.90 bits per heavy atom. The molecule has 1 aromatic heterocycles. The van der Waals surface area contributed by atoms with Crippen molar-refractivity contribution in [3.63, 3.8) is 0 Å². The van der Waals surface area contributed by atoms with Gasteiger partial charge >= 0.3 is 6.03 Å². The molecule has 2 aromatic carbocycles. The third kappa shape index (κ3) is 5.93. The van der Waals surface area contributed by atoms with Crippen LogP contribution in [0, 0.1) is 0 Å². The number of nitrogens with zero attached hydrogens (tertiary/aromatic N) is 2. The lowest BCUT2D eigenvalue weighted by Gasteiger charge is -2.16. The molecule has 0 fully saturated rings. The minimum Gasteiger partial charge on any atom is -0.338 e. The van der Waals surface area contributed by atoms with Gasteiger partial charge in [-0.05, 0) is 48.7 Å². The molecule has 150 valence electrons. The third-order valence-corrected chi connectivity index (χ3v) is 4.41. The van der Waals surface area contributed by atoms with Crippen molar-refractivity contribution >= 4 is 17.6 Å². The average molecular weight is 391 g/mol. The van der Waals surface area contributed by atoms with Crippen molar-refractivity contribution < 1.29 is 9.59 Å². The number of benzene rings is 2. The molecule has 1 heterocycles. The molecule has 3 aromatic rings. The van der Waals surface area contributed by atoms with Crippen molar-refractivity contribution in [1.82, 2.24) is 20.4 Å². The van der Waals surface area contributed by atoms with E-state index in [1.54, 1.807) is 0 Å². The van der Waals surface area contributed by atoms with Gasteiger partial charge in [-0.2, -0.15) is 5.10 Å². The quantitative estimate of drug-likeness (QED) is 0.576. The van der Waals surface area contributed by atoms with E-state index in [0.717, 1.165) is 16.8 Å². The summed E-state index contributed by atoms with van der Waals surface area (Å²) in [6.07, 6.45) is 4.46. The fourth-order valence-corrected chi connectivity index (χ4v) is 2.95. The largest absolute Gasteiger partial charge is 0.338 e. The Labute approximate surface area is 170 Å². The Hall–Kier alpha value is -3.61. The SMILES string of the molecule is CC(=O)Nc1cccc(C(C)NC(=O)NCCc2cnn(-c3ccccc3)c2)c1. The van der Waals surface area contributed by atoms with Crippen LogP contribution in [0.2, 0.25) is 0 Å². The maximum Gasteiger partial charge on any atom is 0.315 e. The molecule has 3 N–H and O–H groups in total. The summed E-state index contributed by atoms with van der Waals surface area (Å²) in [6.45, 7) is 3.87. The number of carbonyl (C=O) groups excluding carboxylic acids is 2. The van der Waals surface area contributed by atoms with Gasteiger partial charge in [0.1, 0.15) is 0 Å². The second-order valence-electron chi connectivity index (χ2n) is 6.81. The first-order chi connectivity index (χ1) is 14.0. The molecule has 0 bridgehead atoms. The van der Waals surface area contributed by atoms with Crippen molar-refractivity contribution in [1.29, 1.82) is 0 Å². The van der Waals surface area contributed by atoms with E-state index in [1.807, 2.05) is 78.6 Å². The van der Waals surface area contributed by atoms with E-state index in [0.29, 0.717) is 18.7 Å². The van der Waals surface area contributed by atoms with Gasteiger partial charge in [-0.15, -0.1) is 0 Å². The highest BCUT2D eigenvalue weighted by Gasteiger charge is 2.10.